The van der Waals surface area contributed by atoms with Gasteiger partial charge in [-0.1, -0.05) is 13.3 Å². The highest BCUT2D eigenvalue weighted by molar-refractivity contribution is 5.04. The molecule has 1 unspecified atom stereocenters. The maximum Gasteiger partial charge on any atom is 0.159 e. The fraction of sp³-hybridized carbons (Fsp3) is 0.846. The molecule has 0 bridgehead atoms. The van der Waals surface area contributed by atoms with Gasteiger partial charge in [-0.05, 0) is 27.2 Å². The minimum absolute atomic E-state index is 0.137. The number of aromatic nitrogens is 3. The molecule has 1 aliphatic rings. The van der Waals surface area contributed by atoms with Crippen LogP contribution in [0.25, 0.3) is 0 Å². The first-order chi connectivity index (χ1) is 8.51. The van der Waals surface area contributed by atoms with Crippen molar-refractivity contribution in [3.8, 4) is 0 Å². The standard InChI is InChI=1S/C13H24N4O/c1-5-6-10-12-16-15-11(9-18-13(2,3)4)17(12)8-7-14-10/h10,14H,5-9H2,1-4H3. The number of rotatable bonds is 4. The topological polar surface area (TPSA) is 52.0 Å². The summed E-state index contributed by atoms with van der Waals surface area (Å²) in [4.78, 5) is 0. The van der Waals surface area contributed by atoms with E-state index in [2.05, 4.69) is 47.8 Å². The SMILES string of the molecule is CCCC1NCCn2c(COC(C)(C)C)nnc21. The Morgan fingerprint density at radius 3 is 2.83 bits per heavy atom. The molecule has 0 aliphatic carbocycles. The quantitative estimate of drug-likeness (QED) is 0.891. The Morgan fingerprint density at radius 2 is 2.17 bits per heavy atom. The highest BCUT2D eigenvalue weighted by Crippen LogP contribution is 2.21. The van der Waals surface area contributed by atoms with Crippen LogP contribution in [0.3, 0.4) is 0 Å². The van der Waals surface area contributed by atoms with Crippen LogP contribution in [-0.2, 0) is 17.9 Å². The molecular formula is C13H24N4O. The lowest BCUT2D eigenvalue weighted by Gasteiger charge is -2.25. The average Bonchev–Trinajstić information content (AvgIpc) is 2.70. The second kappa shape index (κ2) is 5.36. The number of hydrogen-bond acceptors (Lipinski definition) is 4. The van der Waals surface area contributed by atoms with Crippen LogP contribution in [0.1, 0.15) is 58.2 Å². The van der Waals surface area contributed by atoms with Gasteiger partial charge >= 0.3 is 0 Å². The van der Waals surface area contributed by atoms with Crippen LogP contribution in [0.15, 0.2) is 0 Å². The van der Waals surface area contributed by atoms with E-state index in [1.807, 2.05) is 0 Å². The van der Waals surface area contributed by atoms with Crippen molar-refractivity contribution in [3.63, 3.8) is 0 Å². The van der Waals surface area contributed by atoms with Crippen LogP contribution in [0.5, 0.6) is 0 Å². The van der Waals surface area contributed by atoms with Crippen molar-refractivity contribution < 1.29 is 4.74 Å². The van der Waals surface area contributed by atoms with E-state index in [0.717, 1.165) is 37.6 Å². The summed E-state index contributed by atoms with van der Waals surface area (Å²) < 4.78 is 8.00. The molecule has 0 saturated carbocycles. The summed E-state index contributed by atoms with van der Waals surface area (Å²) in [6.07, 6.45) is 2.26. The first-order valence-electron chi connectivity index (χ1n) is 6.80. The van der Waals surface area contributed by atoms with Gasteiger partial charge in [-0.25, -0.2) is 0 Å². The Morgan fingerprint density at radius 1 is 1.39 bits per heavy atom. The van der Waals surface area contributed by atoms with Crippen molar-refractivity contribution in [3.05, 3.63) is 11.6 Å². The Bertz CT molecular complexity index is 394. The molecule has 5 nitrogen and oxygen atoms in total. The third-order valence-corrected chi connectivity index (χ3v) is 3.11. The molecule has 102 valence electrons. The second-order valence-corrected chi connectivity index (χ2v) is 5.82. The average molecular weight is 252 g/mol. The Labute approximate surface area is 109 Å². The molecule has 0 aromatic carbocycles. The Hall–Kier alpha value is -0.940. The van der Waals surface area contributed by atoms with E-state index in [1.54, 1.807) is 0 Å². The highest BCUT2D eigenvalue weighted by atomic mass is 16.5. The van der Waals surface area contributed by atoms with Gasteiger partial charge in [-0.2, -0.15) is 0 Å². The molecule has 0 radical (unpaired) electrons. The van der Waals surface area contributed by atoms with E-state index in [4.69, 9.17) is 4.74 Å². The van der Waals surface area contributed by atoms with E-state index in [1.165, 1.54) is 0 Å². The number of ether oxygens (including phenoxy) is 1. The van der Waals surface area contributed by atoms with E-state index >= 15 is 0 Å². The molecule has 5 heteroatoms. The number of hydrogen-bond donors (Lipinski definition) is 1. The van der Waals surface area contributed by atoms with Gasteiger partial charge in [0, 0.05) is 13.1 Å². The van der Waals surface area contributed by atoms with Crippen LogP contribution < -0.4 is 5.32 Å². The third kappa shape index (κ3) is 3.09. The van der Waals surface area contributed by atoms with Gasteiger partial charge in [0.15, 0.2) is 5.82 Å². The van der Waals surface area contributed by atoms with Crippen molar-refractivity contribution in [2.24, 2.45) is 0 Å². The first-order valence-corrected chi connectivity index (χ1v) is 6.80. The molecule has 1 N–H and O–H groups in total. The lowest BCUT2D eigenvalue weighted by atomic mass is 10.1. The van der Waals surface area contributed by atoms with Crippen LogP contribution in [-0.4, -0.2) is 26.9 Å². The second-order valence-electron chi connectivity index (χ2n) is 5.82. The molecule has 1 atom stereocenters. The Balaban J connectivity index is 2.10. The minimum atomic E-state index is -0.137. The summed E-state index contributed by atoms with van der Waals surface area (Å²) in [5.41, 5.74) is -0.137. The predicted octanol–water partition coefficient (Wildman–Crippen LogP) is 2.04. The first kappa shape index (κ1) is 13.5. The summed E-state index contributed by atoms with van der Waals surface area (Å²) in [5.74, 6) is 2.01. The molecule has 2 rings (SSSR count). The highest BCUT2D eigenvalue weighted by Gasteiger charge is 2.24. The summed E-state index contributed by atoms with van der Waals surface area (Å²) in [6.45, 7) is 10.8. The zero-order valence-electron chi connectivity index (χ0n) is 11.9. The van der Waals surface area contributed by atoms with Crippen LogP contribution in [0.2, 0.25) is 0 Å². The molecule has 0 saturated heterocycles. The van der Waals surface area contributed by atoms with Crippen molar-refractivity contribution in [1.82, 2.24) is 20.1 Å². The van der Waals surface area contributed by atoms with Crippen LogP contribution >= 0.6 is 0 Å². The van der Waals surface area contributed by atoms with Crippen molar-refractivity contribution in [2.45, 2.75) is 65.3 Å². The van der Waals surface area contributed by atoms with E-state index in [0.29, 0.717) is 12.6 Å². The zero-order valence-corrected chi connectivity index (χ0v) is 11.9. The molecule has 2 heterocycles. The Kier molecular flexibility index (Phi) is 4.02. The molecule has 1 aromatic rings. The zero-order chi connectivity index (χ0) is 13.2. The fourth-order valence-electron chi connectivity index (χ4n) is 2.20. The summed E-state index contributed by atoms with van der Waals surface area (Å²) in [6, 6.07) is 0.347. The molecule has 1 aliphatic heterocycles. The molecule has 0 spiro atoms. The maximum absolute atomic E-state index is 5.79. The maximum atomic E-state index is 5.79. The third-order valence-electron chi connectivity index (χ3n) is 3.11. The van der Waals surface area contributed by atoms with Gasteiger partial charge in [-0.15, -0.1) is 10.2 Å². The van der Waals surface area contributed by atoms with Gasteiger partial charge in [0.1, 0.15) is 12.4 Å². The van der Waals surface area contributed by atoms with Gasteiger partial charge in [-0.3, -0.25) is 0 Å². The van der Waals surface area contributed by atoms with Crippen molar-refractivity contribution in [2.75, 3.05) is 6.54 Å². The van der Waals surface area contributed by atoms with E-state index < -0.39 is 0 Å². The molecule has 18 heavy (non-hydrogen) atoms. The molecule has 1 aromatic heterocycles. The summed E-state index contributed by atoms with van der Waals surface area (Å²) >= 11 is 0. The number of nitrogens with zero attached hydrogens (tertiary/aromatic N) is 3. The predicted molar refractivity (Wildman–Crippen MR) is 70.2 cm³/mol. The van der Waals surface area contributed by atoms with Crippen molar-refractivity contribution >= 4 is 0 Å². The smallest absolute Gasteiger partial charge is 0.159 e. The largest absolute Gasteiger partial charge is 0.368 e. The fourth-order valence-corrected chi connectivity index (χ4v) is 2.20. The lowest BCUT2D eigenvalue weighted by molar-refractivity contribution is -0.0196. The molecular weight excluding hydrogens is 228 g/mol. The minimum Gasteiger partial charge on any atom is -0.368 e. The summed E-state index contributed by atoms with van der Waals surface area (Å²) in [5, 5.41) is 12.1. The van der Waals surface area contributed by atoms with Gasteiger partial charge in [0.05, 0.1) is 11.6 Å². The normalized spacial score (nSPS) is 19.9. The van der Waals surface area contributed by atoms with E-state index in [9.17, 15) is 0 Å². The van der Waals surface area contributed by atoms with Crippen LogP contribution in [0.4, 0.5) is 0 Å². The van der Waals surface area contributed by atoms with Crippen molar-refractivity contribution in [1.29, 1.82) is 0 Å². The van der Waals surface area contributed by atoms with Crippen LogP contribution in [0, 0.1) is 0 Å². The monoisotopic (exact) mass is 252 g/mol. The van der Waals surface area contributed by atoms with Gasteiger partial charge < -0.3 is 14.6 Å². The van der Waals surface area contributed by atoms with Gasteiger partial charge in [0.2, 0.25) is 0 Å². The number of fused-ring (bicyclic) bond motifs is 1. The summed E-state index contributed by atoms with van der Waals surface area (Å²) in [7, 11) is 0. The molecule has 0 amide bonds. The van der Waals surface area contributed by atoms with Gasteiger partial charge in [0.25, 0.3) is 0 Å². The molecule has 0 fully saturated rings. The lowest BCUT2D eigenvalue weighted by Crippen LogP contribution is -2.34. The number of nitrogens with one attached hydrogen (secondary N) is 1. The van der Waals surface area contributed by atoms with E-state index in [-0.39, 0.29) is 5.60 Å².